The molecule has 0 saturated heterocycles. The molecule has 1 amide bonds. The molecule has 0 spiro atoms. The van der Waals surface area contributed by atoms with Gasteiger partial charge in [-0.15, -0.1) is 0 Å². The van der Waals surface area contributed by atoms with E-state index < -0.39 is 11.9 Å². The van der Waals surface area contributed by atoms with Crippen LogP contribution in [0.1, 0.15) is 50.5 Å². The van der Waals surface area contributed by atoms with Gasteiger partial charge in [0, 0.05) is 22.6 Å². The van der Waals surface area contributed by atoms with Crippen LogP contribution in [0.4, 0.5) is 0 Å². The summed E-state index contributed by atoms with van der Waals surface area (Å²) in [6.45, 7) is 2.06. The van der Waals surface area contributed by atoms with Gasteiger partial charge in [0.25, 0.3) is 0 Å². The van der Waals surface area contributed by atoms with Gasteiger partial charge in [-0.3, -0.25) is 15.0 Å². The number of hydrogen-bond donors (Lipinski definition) is 3. The summed E-state index contributed by atoms with van der Waals surface area (Å²) in [5.41, 5.74) is 10.4. The molecule has 2 heterocycles. The van der Waals surface area contributed by atoms with Crippen molar-refractivity contribution in [2.45, 2.75) is 19.3 Å². The van der Waals surface area contributed by atoms with E-state index in [4.69, 9.17) is 10.5 Å². The van der Waals surface area contributed by atoms with E-state index in [2.05, 4.69) is 20.4 Å². The Bertz CT molecular complexity index is 987. The highest BCUT2D eigenvalue weighted by molar-refractivity contribution is 5.93. The van der Waals surface area contributed by atoms with E-state index in [1.165, 1.54) is 0 Å². The Balaban J connectivity index is 1.77. The summed E-state index contributed by atoms with van der Waals surface area (Å²) in [7, 11) is 0. The third-order valence-electron chi connectivity index (χ3n) is 4.62. The van der Waals surface area contributed by atoms with Crippen LogP contribution in [-0.2, 0) is 11.2 Å². The summed E-state index contributed by atoms with van der Waals surface area (Å²) in [6, 6.07) is 7.13. The van der Waals surface area contributed by atoms with Gasteiger partial charge in [0.1, 0.15) is 5.69 Å². The number of H-pyrrole nitrogens is 2. The molecule has 26 heavy (non-hydrogen) atoms. The zero-order chi connectivity index (χ0) is 18.3. The first-order valence-corrected chi connectivity index (χ1v) is 8.28. The summed E-state index contributed by atoms with van der Waals surface area (Å²) in [5.74, 6) is -0.937. The molecule has 3 aromatic rings. The van der Waals surface area contributed by atoms with Gasteiger partial charge in [0.15, 0.2) is 0 Å². The molecule has 1 aliphatic carbocycles. The fourth-order valence-electron chi connectivity index (χ4n) is 3.38. The number of aromatic amines is 2. The highest BCUT2D eigenvalue weighted by Gasteiger charge is 2.33. The minimum Gasteiger partial charge on any atom is -0.461 e. The van der Waals surface area contributed by atoms with Crippen molar-refractivity contribution in [3.63, 3.8) is 0 Å². The molecule has 0 saturated carbocycles. The summed E-state index contributed by atoms with van der Waals surface area (Å²) in [6.07, 6.45) is 2.26. The molecular weight excluding hydrogens is 334 g/mol. The minimum absolute atomic E-state index is 0.0484. The average Bonchev–Trinajstić information content (AvgIpc) is 3.27. The lowest BCUT2D eigenvalue weighted by Crippen LogP contribution is -2.16. The van der Waals surface area contributed by atoms with E-state index in [9.17, 15) is 9.59 Å². The molecule has 0 radical (unpaired) electrons. The van der Waals surface area contributed by atoms with Gasteiger partial charge in [0.2, 0.25) is 5.91 Å². The Kier molecular flexibility index (Phi) is 3.80. The number of amides is 1. The van der Waals surface area contributed by atoms with E-state index >= 15 is 0 Å². The van der Waals surface area contributed by atoms with Crippen LogP contribution in [0.5, 0.6) is 0 Å². The van der Waals surface area contributed by atoms with Gasteiger partial charge in [-0.25, -0.2) is 4.79 Å². The van der Waals surface area contributed by atoms with Crippen LogP contribution >= 0.6 is 0 Å². The second kappa shape index (κ2) is 6.14. The number of primary amides is 1. The molecule has 0 bridgehead atoms. The zero-order valence-corrected chi connectivity index (χ0v) is 14.1. The van der Waals surface area contributed by atoms with Gasteiger partial charge in [-0.1, -0.05) is 12.1 Å². The van der Waals surface area contributed by atoms with Crippen molar-refractivity contribution < 1.29 is 14.3 Å². The highest BCUT2D eigenvalue weighted by atomic mass is 16.5. The van der Waals surface area contributed by atoms with E-state index in [1.54, 1.807) is 25.3 Å². The second-order valence-corrected chi connectivity index (χ2v) is 6.09. The number of carbonyl (C=O) groups excluding carboxylic acids is 2. The molecule has 4 rings (SSSR count). The molecule has 1 aliphatic rings. The van der Waals surface area contributed by atoms with Crippen LogP contribution < -0.4 is 5.73 Å². The van der Waals surface area contributed by atoms with Crippen molar-refractivity contribution >= 4 is 11.9 Å². The van der Waals surface area contributed by atoms with Crippen molar-refractivity contribution in [3.8, 4) is 11.3 Å². The Labute approximate surface area is 148 Å². The van der Waals surface area contributed by atoms with E-state index in [0.717, 1.165) is 22.4 Å². The Morgan fingerprint density at radius 2 is 2.04 bits per heavy atom. The molecule has 1 aromatic carbocycles. The van der Waals surface area contributed by atoms with Crippen molar-refractivity contribution in [3.05, 3.63) is 58.5 Å². The van der Waals surface area contributed by atoms with Crippen molar-refractivity contribution in [1.29, 1.82) is 0 Å². The minimum atomic E-state index is -0.468. The van der Waals surface area contributed by atoms with Gasteiger partial charge >= 0.3 is 5.97 Å². The lowest BCUT2D eigenvalue weighted by atomic mass is 9.81. The van der Waals surface area contributed by atoms with E-state index in [1.807, 2.05) is 12.1 Å². The lowest BCUT2D eigenvalue weighted by Gasteiger charge is -2.22. The monoisotopic (exact) mass is 351 g/mol. The maximum atomic E-state index is 12.2. The van der Waals surface area contributed by atoms with Gasteiger partial charge < -0.3 is 10.5 Å². The average molecular weight is 351 g/mol. The van der Waals surface area contributed by atoms with Crippen LogP contribution in [-0.4, -0.2) is 38.9 Å². The predicted molar refractivity (Wildman–Crippen MR) is 92.6 cm³/mol. The number of aromatic nitrogens is 4. The number of nitrogens with one attached hydrogen (secondary N) is 2. The molecule has 1 atom stereocenters. The van der Waals surface area contributed by atoms with Gasteiger partial charge in [0.05, 0.1) is 24.2 Å². The largest absolute Gasteiger partial charge is 0.461 e. The third-order valence-corrected chi connectivity index (χ3v) is 4.62. The molecule has 132 valence electrons. The maximum absolute atomic E-state index is 12.2. The summed E-state index contributed by atoms with van der Waals surface area (Å²) >= 11 is 0. The number of hydrogen-bond acceptors (Lipinski definition) is 5. The number of rotatable bonds is 4. The van der Waals surface area contributed by atoms with Crippen LogP contribution in [0, 0.1) is 0 Å². The smallest absolute Gasteiger partial charge is 0.356 e. The zero-order valence-electron chi connectivity index (χ0n) is 14.1. The third kappa shape index (κ3) is 2.46. The standard InChI is InChI=1S/C18H17N5O3/c1-2-26-18(25)16-12-7-11(9-3-5-10(6-4-9)17(19)24)14-13(8-20-21-14)15(12)22-23-16/h3-6,8,11H,2,7H2,1H3,(H2,19,24)(H,20,21)(H,22,23). The van der Waals surface area contributed by atoms with Crippen LogP contribution in [0.15, 0.2) is 30.5 Å². The maximum Gasteiger partial charge on any atom is 0.356 e. The van der Waals surface area contributed by atoms with Crippen LogP contribution in [0.3, 0.4) is 0 Å². The fraction of sp³-hybridized carbons (Fsp3) is 0.222. The van der Waals surface area contributed by atoms with Gasteiger partial charge in [-0.2, -0.15) is 10.2 Å². The molecule has 8 heteroatoms. The lowest BCUT2D eigenvalue weighted by molar-refractivity contribution is 0.0518. The fourth-order valence-corrected chi connectivity index (χ4v) is 3.38. The molecule has 4 N–H and O–H groups in total. The normalized spacial score (nSPS) is 15.2. The quantitative estimate of drug-likeness (QED) is 0.617. The summed E-state index contributed by atoms with van der Waals surface area (Å²) in [4.78, 5) is 23.5. The number of fused-ring (bicyclic) bond motifs is 3. The summed E-state index contributed by atoms with van der Waals surface area (Å²) in [5, 5.41) is 14.3. The van der Waals surface area contributed by atoms with Crippen LogP contribution in [0.2, 0.25) is 0 Å². The SMILES string of the molecule is CCOC(=O)c1[nH]nc2c1CC(c1ccc(C(N)=O)cc1)c1[nH]ncc1-2. The van der Waals surface area contributed by atoms with Crippen molar-refractivity contribution in [2.24, 2.45) is 5.73 Å². The number of ether oxygens (including phenoxy) is 1. The predicted octanol–water partition coefficient (Wildman–Crippen LogP) is 1.76. The van der Waals surface area contributed by atoms with Crippen molar-refractivity contribution in [1.82, 2.24) is 20.4 Å². The second-order valence-electron chi connectivity index (χ2n) is 6.09. The summed E-state index contributed by atoms with van der Waals surface area (Å²) < 4.78 is 5.12. The highest BCUT2D eigenvalue weighted by Crippen LogP contribution is 2.41. The molecule has 1 unspecified atom stereocenters. The first-order chi connectivity index (χ1) is 12.6. The number of benzene rings is 1. The molecule has 0 fully saturated rings. The Morgan fingerprint density at radius 3 is 2.73 bits per heavy atom. The number of nitrogens with two attached hydrogens (primary N) is 1. The Morgan fingerprint density at radius 1 is 1.27 bits per heavy atom. The van der Waals surface area contributed by atoms with Gasteiger partial charge in [-0.05, 0) is 31.0 Å². The van der Waals surface area contributed by atoms with E-state index in [-0.39, 0.29) is 5.92 Å². The molecule has 8 nitrogen and oxygen atoms in total. The number of nitrogens with zero attached hydrogens (tertiary/aromatic N) is 2. The molecule has 0 aliphatic heterocycles. The first-order valence-electron chi connectivity index (χ1n) is 8.28. The number of carbonyl (C=O) groups is 2. The van der Waals surface area contributed by atoms with Crippen LogP contribution in [0.25, 0.3) is 11.3 Å². The first kappa shape index (κ1) is 16.1. The molecular formula is C18H17N5O3. The van der Waals surface area contributed by atoms with Crippen molar-refractivity contribution in [2.75, 3.05) is 6.61 Å². The number of esters is 1. The topological polar surface area (TPSA) is 127 Å². The molecule has 2 aromatic heterocycles. The van der Waals surface area contributed by atoms with E-state index in [0.29, 0.717) is 30.0 Å². The Hall–Kier alpha value is -3.42.